The van der Waals surface area contributed by atoms with Crippen molar-refractivity contribution in [2.75, 3.05) is 6.61 Å². The van der Waals surface area contributed by atoms with Gasteiger partial charge in [0, 0.05) is 11.9 Å². The molecule has 0 aliphatic heterocycles. The van der Waals surface area contributed by atoms with Crippen LogP contribution < -0.4 is 16.4 Å². The van der Waals surface area contributed by atoms with E-state index in [0.717, 1.165) is 25.7 Å². The highest BCUT2D eigenvalue weighted by molar-refractivity contribution is 7.12. The Kier molecular flexibility index (Phi) is 8.09. The van der Waals surface area contributed by atoms with Gasteiger partial charge in [-0.2, -0.15) is 5.10 Å². The summed E-state index contributed by atoms with van der Waals surface area (Å²) >= 11 is 1.23. The first-order valence-electron chi connectivity index (χ1n) is 10.3. The summed E-state index contributed by atoms with van der Waals surface area (Å²) in [5, 5.41) is 6.67. The van der Waals surface area contributed by atoms with Gasteiger partial charge in [0.15, 0.2) is 12.3 Å². The van der Waals surface area contributed by atoms with Gasteiger partial charge in [-0.3, -0.25) is 25.2 Å². The number of carbonyl (C=O) groups is 3. The third-order valence-electron chi connectivity index (χ3n) is 4.68. The number of unbranched alkanes of at least 4 members (excludes halogenated alkanes) is 3. The Morgan fingerprint density at radius 1 is 1.03 bits per heavy atom. The molecular formula is C22H24N4O5S. The Morgan fingerprint density at radius 2 is 1.81 bits per heavy atom. The van der Waals surface area contributed by atoms with E-state index in [9.17, 15) is 19.2 Å². The van der Waals surface area contributed by atoms with Gasteiger partial charge in [0.1, 0.15) is 0 Å². The number of nitrogens with zero attached hydrogens (tertiary/aromatic N) is 2. The molecule has 2 aromatic heterocycles. The second-order valence-electron chi connectivity index (χ2n) is 7.04. The van der Waals surface area contributed by atoms with Crippen molar-refractivity contribution < 1.29 is 19.1 Å². The summed E-state index contributed by atoms with van der Waals surface area (Å²) < 4.78 is 6.36. The van der Waals surface area contributed by atoms with Gasteiger partial charge >= 0.3 is 5.97 Å². The molecule has 2 N–H and O–H groups in total. The first-order valence-corrected chi connectivity index (χ1v) is 11.2. The molecule has 0 atom stereocenters. The maximum absolute atomic E-state index is 12.7. The summed E-state index contributed by atoms with van der Waals surface area (Å²) in [6.45, 7) is 1.87. The summed E-state index contributed by atoms with van der Waals surface area (Å²) in [6, 6.07) is 9.97. The van der Waals surface area contributed by atoms with Crippen LogP contribution in [0, 0.1) is 0 Å². The molecule has 0 aliphatic rings. The number of rotatable bonds is 9. The van der Waals surface area contributed by atoms with Crippen molar-refractivity contribution in [1.82, 2.24) is 20.6 Å². The Morgan fingerprint density at radius 3 is 2.53 bits per heavy atom. The molecule has 32 heavy (non-hydrogen) atoms. The molecule has 0 saturated carbocycles. The molecular weight excluding hydrogens is 432 g/mol. The first kappa shape index (κ1) is 23.1. The highest BCUT2D eigenvalue weighted by Crippen LogP contribution is 2.15. The summed E-state index contributed by atoms with van der Waals surface area (Å²) in [5.41, 5.74) is 4.13. The molecule has 0 bridgehead atoms. The number of amides is 2. The third kappa shape index (κ3) is 5.79. The number of fused-ring (bicyclic) bond motifs is 1. The topological polar surface area (TPSA) is 119 Å². The maximum Gasteiger partial charge on any atom is 0.359 e. The van der Waals surface area contributed by atoms with Crippen molar-refractivity contribution in [3.8, 4) is 0 Å². The van der Waals surface area contributed by atoms with Crippen LogP contribution in [0.25, 0.3) is 10.8 Å². The quantitative estimate of drug-likeness (QED) is 0.290. The van der Waals surface area contributed by atoms with Crippen molar-refractivity contribution in [2.45, 2.75) is 39.2 Å². The average molecular weight is 457 g/mol. The van der Waals surface area contributed by atoms with Crippen molar-refractivity contribution in [2.24, 2.45) is 0 Å². The fourth-order valence-electron chi connectivity index (χ4n) is 3.06. The molecule has 0 spiro atoms. The lowest BCUT2D eigenvalue weighted by Gasteiger charge is -2.11. The van der Waals surface area contributed by atoms with E-state index in [0.29, 0.717) is 22.2 Å². The third-order valence-corrected chi connectivity index (χ3v) is 5.55. The number of hydrazine groups is 1. The lowest BCUT2D eigenvalue weighted by Crippen LogP contribution is -2.43. The van der Waals surface area contributed by atoms with E-state index in [1.807, 2.05) is 0 Å². The zero-order chi connectivity index (χ0) is 22.9. The number of aromatic nitrogens is 2. The molecule has 2 heterocycles. The minimum absolute atomic E-state index is 0.0360. The largest absolute Gasteiger partial charge is 0.451 e. The number of esters is 1. The summed E-state index contributed by atoms with van der Waals surface area (Å²) in [6.07, 6.45) is 3.83. The van der Waals surface area contributed by atoms with Crippen molar-refractivity contribution in [3.63, 3.8) is 0 Å². The van der Waals surface area contributed by atoms with E-state index in [1.165, 1.54) is 16.0 Å². The Hall–Kier alpha value is -3.53. The van der Waals surface area contributed by atoms with Gasteiger partial charge in [0.25, 0.3) is 17.4 Å². The standard InChI is InChI=1S/C22H24N4O5S/c1-2-3-4-7-12-26-21(29)16-10-6-5-9-15(16)19(25-26)22(30)31-14-18(27)23-24-20(28)17-11-8-13-32-17/h5-6,8-11,13H,2-4,7,12,14H2,1H3,(H,23,27)(H,24,28). The molecule has 3 aromatic rings. The van der Waals surface area contributed by atoms with Crippen LogP contribution in [0.1, 0.15) is 52.8 Å². The van der Waals surface area contributed by atoms with Crippen LogP contribution in [0.5, 0.6) is 0 Å². The van der Waals surface area contributed by atoms with Crippen LogP contribution in [0.3, 0.4) is 0 Å². The molecule has 0 aliphatic carbocycles. The number of thiophene rings is 1. The molecule has 0 fully saturated rings. The van der Waals surface area contributed by atoms with Crippen molar-refractivity contribution in [1.29, 1.82) is 0 Å². The lowest BCUT2D eigenvalue weighted by atomic mass is 10.1. The molecule has 1 aromatic carbocycles. The van der Waals surface area contributed by atoms with E-state index in [-0.39, 0.29) is 11.3 Å². The predicted octanol–water partition coefficient (Wildman–Crippen LogP) is 2.66. The molecule has 2 amide bonds. The number of carbonyl (C=O) groups excluding carboxylic acids is 3. The maximum atomic E-state index is 12.7. The van der Waals surface area contributed by atoms with Gasteiger partial charge in [-0.1, -0.05) is 50.5 Å². The SMILES string of the molecule is CCCCCCn1nc(C(=O)OCC(=O)NNC(=O)c2cccs2)c2ccccc2c1=O. The molecule has 3 rings (SSSR count). The molecule has 168 valence electrons. The highest BCUT2D eigenvalue weighted by Gasteiger charge is 2.19. The van der Waals surface area contributed by atoms with Gasteiger partial charge in [0.2, 0.25) is 0 Å². The smallest absolute Gasteiger partial charge is 0.359 e. The van der Waals surface area contributed by atoms with Crippen LogP contribution in [-0.2, 0) is 16.1 Å². The van der Waals surface area contributed by atoms with Crippen molar-refractivity contribution >= 4 is 39.9 Å². The van der Waals surface area contributed by atoms with Crippen LogP contribution >= 0.6 is 11.3 Å². The normalized spacial score (nSPS) is 10.7. The minimum atomic E-state index is -0.830. The van der Waals surface area contributed by atoms with E-state index < -0.39 is 24.4 Å². The minimum Gasteiger partial charge on any atom is -0.451 e. The predicted molar refractivity (Wildman–Crippen MR) is 120 cm³/mol. The molecule has 0 radical (unpaired) electrons. The number of ether oxygens (including phenoxy) is 1. The molecule has 0 saturated heterocycles. The second-order valence-corrected chi connectivity index (χ2v) is 7.99. The lowest BCUT2D eigenvalue weighted by molar-refractivity contribution is -0.125. The molecule has 10 heteroatoms. The second kappa shape index (κ2) is 11.2. The number of hydrogen-bond acceptors (Lipinski definition) is 7. The molecule has 0 unspecified atom stereocenters. The van der Waals surface area contributed by atoms with E-state index in [4.69, 9.17) is 4.74 Å². The van der Waals surface area contributed by atoms with Crippen LogP contribution in [0.15, 0.2) is 46.6 Å². The first-order chi connectivity index (χ1) is 15.5. The van der Waals surface area contributed by atoms with Crippen LogP contribution in [-0.4, -0.2) is 34.2 Å². The number of nitrogens with one attached hydrogen (secondary N) is 2. The van der Waals surface area contributed by atoms with Gasteiger partial charge in [-0.25, -0.2) is 9.48 Å². The van der Waals surface area contributed by atoms with Crippen LogP contribution in [0.2, 0.25) is 0 Å². The Bertz CT molecular complexity index is 1160. The number of benzene rings is 1. The zero-order valence-electron chi connectivity index (χ0n) is 17.6. The summed E-state index contributed by atoms with van der Waals surface area (Å²) in [5.74, 6) is -2.01. The van der Waals surface area contributed by atoms with Gasteiger partial charge in [-0.05, 0) is 23.9 Å². The van der Waals surface area contributed by atoms with Gasteiger partial charge in [-0.15, -0.1) is 11.3 Å². The van der Waals surface area contributed by atoms with E-state index in [1.54, 1.807) is 41.8 Å². The Labute approximate surface area is 188 Å². The monoisotopic (exact) mass is 456 g/mol. The summed E-state index contributed by atoms with van der Waals surface area (Å²) in [7, 11) is 0. The highest BCUT2D eigenvalue weighted by atomic mass is 32.1. The zero-order valence-corrected chi connectivity index (χ0v) is 18.4. The fourth-order valence-corrected chi connectivity index (χ4v) is 3.68. The fraction of sp³-hybridized carbons (Fsp3) is 0.318. The average Bonchev–Trinajstić information content (AvgIpc) is 3.35. The van der Waals surface area contributed by atoms with Crippen LogP contribution in [0.4, 0.5) is 0 Å². The van der Waals surface area contributed by atoms with E-state index >= 15 is 0 Å². The van der Waals surface area contributed by atoms with E-state index in [2.05, 4.69) is 22.9 Å². The Balaban J connectivity index is 1.67. The number of aryl methyl sites for hydroxylation is 1. The van der Waals surface area contributed by atoms with Crippen molar-refractivity contribution in [3.05, 3.63) is 62.7 Å². The van der Waals surface area contributed by atoms with Gasteiger partial charge in [0.05, 0.1) is 10.3 Å². The number of hydrogen-bond donors (Lipinski definition) is 2. The van der Waals surface area contributed by atoms with Gasteiger partial charge < -0.3 is 4.74 Å². The molecule has 9 nitrogen and oxygen atoms in total. The summed E-state index contributed by atoms with van der Waals surface area (Å²) in [4.78, 5) is 49.6.